The van der Waals surface area contributed by atoms with Crippen LogP contribution < -0.4 is 5.43 Å². The van der Waals surface area contributed by atoms with Gasteiger partial charge in [0.2, 0.25) is 0 Å². The van der Waals surface area contributed by atoms with E-state index in [1.165, 1.54) is 19.2 Å². The Morgan fingerprint density at radius 2 is 1.80 bits per heavy atom. The predicted octanol–water partition coefficient (Wildman–Crippen LogP) is 2.96. The molecule has 1 aromatic heterocycles. The molecule has 0 aliphatic carbocycles. The SMILES string of the molecule is CC(=O)c1ccc2[nH]cc(C(=O)C(C)(C)C)c(=O)c2c1. The van der Waals surface area contributed by atoms with Gasteiger partial charge in [-0.25, -0.2) is 0 Å². The maximum Gasteiger partial charge on any atom is 0.200 e. The summed E-state index contributed by atoms with van der Waals surface area (Å²) in [5.74, 6) is -0.326. The van der Waals surface area contributed by atoms with Gasteiger partial charge in [-0.2, -0.15) is 0 Å². The molecule has 0 saturated heterocycles. The van der Waals surface area contributed by atoms with E-state index in [0.29, 0.717) is 16.5 Å². The molecular weight excluding hydrogens is 254 g/mol. The molecule has 0 spiro atoms. The highest BCUT2D eigenvalue weighted by atomic mass is 16.1. The molecule has 4 nitrogen and oxygen atoms in total. The van der Waals surface area contributed by atoms with Gasteiger partial charge in [-0.1, -0.05) is 20.8 Å². The first kappa shape index (κ1) is 14.2. The van der Waals surface area contributed by atoms with Crippen molar-refractivity contribution in [1.29, 1.82) is 0 Å². The van der Waals surface area contributed by atoms with E-state index in [4.69, 9.17) is 0 Å². The van der Waals surface area contributed by atoms with Crippen LogP contribution in [0.4, 0.5) is 0 Å². The molecule has 0 bridgehead atoms. The minimum atomic E-state index is -0.626. The van der Waals surface area contributed by atoms with Crippen LogP contribution in [0.15, 0.2) is 29.2 Å². The topological polar surface area (TPSA) is 67.0 Å². The molecule has 0 saturated carbocycles. The number of pyridine rings is 1. The maximum absolute atomic E-state index is 12.4. The summed E-state index contributed by atoms with van der Waals surface area (Å²) in [5.41, 5.74) is 0.250. The first-order chi connectivity index (χ1) is 9.21. The molecule has 4 heteroatoms. The Hall–Kier alpha value is -2.23. The zero-order valence-electron chi connectivity index (χ0n) is 12.0. The van der Waals surface area contributed by atoms with Gasteiger partial charge >= 0.3 is 0 Å². The number of benzene rings is 1. The molecule has 2 rings (SSSR count). The van der Waals surface area contributed by atoms with Crippen LogP contribution >= 0.6 is 0 Å². The van der Waals surface area contributed by atoms with Crippen LogP contribution in [-0.2, 0) is 0 Å². The van der Waals surface area contributed by atoms with Crippen LogP contribution in [-0.4, -0.2) is 16.6 Å². The number of fused-ring (bicyclic) bond motifs is 1. The van der Waals surface area contributed by atoms with Gasteiger partial charge in [-0.3, -0.25) is 14.4 Å². The number of rotatable bonds is 2. The predicted molar refractivity (Wildman–Crippen MR) is 78.4 cm³/mol. The van der Waals surface area contributed by atoms with Crippen molar-refractivity contribution in [1.82, 2.24) is 4.98 Å². The lowest BCUT2D eigenvalue weighted by molar-refractivity contribution is 0.0856. The molecule has 0 unspecified atom stereocenters. The Balaban J connectivity index is 2.72. The molecule has 0 fully saturated rings. The van der Waals surface area contributed by atoms with E-state index < -0.39 is 5.41 Å². The lowest BCUT2D eigenvalue weighted by Gasteiger charge is -2.16. The summed E-state index contributed by atoms with van der Waals surface area (Å²) in [4.78, 5) is 39.0. The third-order valence-electron chi connectivity index (χ3n) is 3.21. The largest absolute Gasteiger partial charge is 0.360 e. The monoisotopic (exact) mass is 271 g/mol. The average molecular weight is 271 g/mol. The van der Waals surface area contributed by atoms with Crippen LogP contribution in [0, 0.1) is 5.41 Å². The molecule has 1 N–H and O–H groups in total. The van der Waals surface area contributed by atoms with Gasteiger partial charge < -0.3 is 4.98 Å². The Kier molecular flexibility index (Phi) is 3.34. The normalized spacial score (nSPS) is 11.6. The fourth-order valence-corrected chi connectivity index (χ4v) is 2.01. The summed E-state index contributed by atoms with van der Waals surface area (Å²) < 4.78 is 0. The summed E-state index contributed by atoms with van der Waals surface area (Å²) in [6, 6.07) is 4.88. The lowest BCUT2D eigenvalue weighted by atomic mass is 9.86. The Morgan fingerprint density at radius 1 is 1.15 bits per heavy atom. The van der Waals surface area contributed by atoms with Crippen LogP contribution in [0.25, 0.3) is 10.9 Å². The minimum absolute atomic E-state index is 0.112. The van der Waals surface area contributed by atoms with E-state index in [9.17, 15) is 14.4 Å². The number of ketones is 2. The Morgan fingerprint density at radius 3 is 2.35 bits per heavy atom. The third kappa shape index (κ3) is 2.41. The molecule has 1 aromatic carbocycles. The number of aromatic nitrogens is 1. The van der Waals surface area contributed by atoms with E-state index in [0.717, 1.165) is 0 Å². The van der Waals surface area contributed by atoms with Crippen molar-refractivity contribution in [3.8, 4) is 0 Å². The Bertz CT molecular complexity index is 763. The van der Waals surface area contributed by atoms with E-state index in [2.05, 4.69) is 4.98 Å². The smallest absolute Gasteiger partial charge is 0.200 e. The van der Waals surface area contributed by atoms with Gasteiger partial charge in [0.05, 0.1) is 5.56 Å². The quantitative estimate of drug-likeness (QED) is 0.854. The number of hydrogen-bond acceptors (Lipinski definition) is 3. The van der Waals surface area contributed by atoms with Crippen molar-refractivity contribution in [2.75, 3.05) is 0 Å². The van der Waals surface area contributed by atoms with E-state index in [-0.39, 0.29) is 22.6 Å². The molecule has 0 radical (unpaired) electrons. The molecule has 0 aliphatic rings. The number of carbonyl (C=O) groups excluding carboxylic acids is 2. The highest BCUT2D eigenvalue weighted by Gasteiger charge is 2.25. The summed E-state index contributed by atoms with van der Waals surface area (Å²) in [7, 11) is 0. The molecule has 0 aliphatic heterocycles. The Labute approximate surface area is 116 Å². The van der Waals surface area contributed by atoms with Crippen molar-refractivity contribution < 1.29 is 9.59 Å². The maximum atomic E-state index is 12.4. The van der Waals surface area contributed by atoms with Crippen LogP contribution in [0.3, 0.4) is 0 Å². The zero-order chi connectivity index (χ0) is 15.1. The van der Waals surface area contributed by atoms with Crippen molar-refractivity contribution in [3.05, 3.63) is 45.7 Å². The number of aromatic amines is 1. The highest BCUT2D eigenvalue weighted by molar-refractivity contribution is 6.03. The summed E-state index contributed by atoms with van der Waals surface area (Å²) in [5, 5.41) is 0.368. The van der Waals surface area contributed by atoms with Crippen LogP contribution in [0.5, 0.6) is 0 Å². The average Bonchev–Trinajstić information content (AvgIpc) is 2.37. The van der Waals surface area contributed by atoms with Crippen LogP contribution in [0.2, 0.25) is 0 Å². The van der Waals surface area contributed by atoms with E-state index in [1.807, 2.05) is 0 Å². The van der Waals surface area contributed by atoms with Gasteiger partial charge in [0.15, 0.2) is 17.0 Å². The fraction of sp³-hybridized carbons (Fsp3) is 0.312. The van der Waals surface area contributed by atoms with Gasteiger partial charge in [-0.15, -0.1) is 0 Å². The van der Waals surface area contributed by atoms with Crippen molar-refractivity contribution >= 4 is 22.5 Å². The van der Waals surface area contributed by atoms with E-state index >= 15 is 0 Å². The minimum Gasteiger partial charge on any atom is -0.360 e. The number of nitrogens with one attached hydrogen (secondary N) is 1. The summed E-state index contributed by atoms with van der Waals surface area (Å²) in [6.07, 6.45) is 1.45. The van der Waals surface area contributed by atoms with E-state index in [1.54, 1.807) is 32.9 Å². The molecule has 20 heavy (non-hydrogen) atoms. The first-order valence-electron chi connectivity index (χ1n) is 6.43. The number of H-pyrrole nitrogens is 1. The summed E-state index contributed by atoms with van der Waals surface area (Å²) in [6.45, 7) is 6.75. The molecule has 2 aromatic rings. The second-order valence-electron chi connectivity index (χ2n) is 5.93. The fourth-order valence-electron chi connectivity index (χ4n) is 2.01. The number of Topliss-reactive ketones (excluding diaryl/α,β-unsaturated/α-hetero) is 2. The van der Waals surface area contributed by atoms with Crippen LogP contribution in [0.1, 0.15) is 48.4 Å². The molecule has 0 amide bonds. The third-order valence-corrected chi connectivity index (χ3v) is 3.21. The standard InChI is InChI=1S/C16H17NO3/c1-9(18)10-5-6-13-11(7-10)14(19)12(8-17-13)15(20)16(2,3)4/h5-8H,1-4H3,(H,17,19). The zero-order valence-corrected chi connectivity index (χ0v) is 12.0. The molecule has 1 heterocycles. The molecule has 0 atom stereocenters. The molecular formula is C16H17NO3. The van der Waals surface area contributed by atoms with Gasteiger partial charge in [-0.05, 0) is 25.1 Å². The van der Waals surface area contributed by atoms with Crippen molar-refractivity contribution in [2.24, 2.45) is 5.41 Å². The van der Waals surface area contributed by atoms with Crippen molar-refractivity contribution in [2.45, 2.75) is 27.7 Å². The van der Waals surface area contributed by atoms with Gasteiger partial charge in [0, 0.05) is 28.1 Å². The highest BCUT2D eigenvalue weighted by Crippen LogP contribution is 2.20. The second-order valence-corrected chi connectivity index (χ2v) is 5.93. The van der Waals surface area contributed by atoms with Gasteiger partial charge in [0.1, 0.15) is 0 Å². The molecule has 104 valence electrons. The summed E-state index contributed by atoms with van der Waals surface area (Å²) >= 11 is 0. The first-order valence-corrected chi connectivity index (χ1v) is 6.43. The number of carbonyl (C=O) groups is 2. The lowest BCUT2D eigenvalue weighted by Crippen LogP contribution is -2.26. The number of hydrogen-bond donors (Lipinski definition) is 1. The second kappa shape index (κ2) is 4.71. The van der Waals surface area contributed by atoms with Gasteiger partial charge in [0.25, 0.3) is 0 Å². The van der Waals surface area contributed by atoms with Crippen molar-refractivity contribution in [3.63, 3.8) is 0 Å².